The van der Waals surface area contributed by atoms with Gasteiger partial charge in [0.2, 0.25) is 11.9 Å². The summed E-state index contributed by atoms with van der Waals surface area (Å²) in [7, 11) is 2.87. The Morgan fingerprint density at radius 3 is 1.30 bits per heavy atom. The van der Waals surface area contributed by atoms with E-state index in [9.17, 15) is 19.2 Å². The number of ether oxygens (including phenoxy) is 6. The van der Waals surface area contributed by atoms with Gasteiger partial charge >= 0.3 is 24.1 Å². The summed E-state index contributed by atoms with van der Waals surface area (Å²) in [6, 6.07) is 5.04. The lowest BCUT2D eigenvalue weighted by molar-refractivity contribution is -0.168. The Kier molecular flexibility index (Phi) is 14.5. The van der Waals surface area contributed by atoms with Crippen molar-refractivity contribution < 1.29 is 56.4 Å². The van der Waals surface area contributed by atoms with Crippen LogP contribution in [0.25, 0.3) is 0 Å². The lowest BCUT2D eigenvalue weighted by Gasteiger charge is -2.51. The minimum atomic E-state index is -1.28. The van der Waals surface area contributed by atoms with E-state index >= 15 is 8.78 Å². The molecule has 2 amide bonds. The van der Waals surface area contributed by atoms with Crippen molar-refractivity contribution in [3.05, 3.63) is 57.6 Å². The van der Waals surface area contributed by atoms with Crippen LogP contribution in [-0.2, 0) is 48.8 Å². The zero-order chi connectivity index (χ0) is 41.6. The molecule has 2 fully saturated rings. The molecule has 0 spiro atoms. The largest absolute Gasteiger partial charge is 0.457 e. The van der Waals surface area contributed by atoms with Crippen LogP contribution in [0.5, 0.6) is 0 Å². The Morgan fingerprint density at radius 2 is 1.02 bits per heavy atom. The minimum Gasteiger partial charge on any atom is -0.457 e. The fourth-order valence-electron chi connectivity index (χ4n) is 7.19. The van der Waals surface area contributed by atoms with E-state index in [0.717, 1.165) is 0 Å². The molecule has 56 heavy (non-hydrogen) atoms. The minimum absolute atomic E-state index is 0.0502. The number of halogens is 4. The van der Waals surface area contributed by atoms with Crippen LogP contribution in [0.15, 0.2) is 24.3 Å². The van der Waals surface area contributed by atoms with Gasteiger partial charge in [0, 0.05) is 48.3 Å². The standard InChI is InChI=1S/C38H50Cl2F2N4O10/c1-35(2,3)55-33(49)45(21-51-7)23-17-37(18-23,25-9-11-27(39)43-29(25)41)13-15-53-31(47)32(48)54-16-14-38(26-10-12-28(40)44-30(26)42)19-24(20-38)46(22-52-8)34(50)56-36(4,5)6/h9-12,23-24H,13-22H2,1-8H3/t23-,24-,37-,38-. The van der Waals surface area contributed by atoms with Gasteiger partial charge in [0.05, 0.1) is 13.2 Å². The number of amides is 2. The average Bonchev–Trinajstić information content (AvgIpc) is 3.04. The second-order valence-corrected chi connectivity index (χ2v) is 16.9. The first-order valence-electron chi connectivity index (χ1n) is 18.1. The molecule has 0 saturated heterocycles. The second-order valence-electron chi connectivity index (χ2n) is 16.1. The molecule has 0 unspecified atom stereocenters. The second kappa shape index (κ2) is 18.2. The topological polar surface area (TPSA) is 156 Å². The Balaban J connectivity index is 1.40. The molecular formula is C38H50Cl2F2N4O10. The molecule has 2 aliphatic carbocycles. The predicted octanol–water partition coefficient (Wildman–Crippen LogP) is 7.11. The third kappa shape index (κ3) is 11.2. The number of nitrogens with zero attached hydrogens (tertiary/aromatic N) is 4. The normalized spacial score (nSPS) is 21.9. The molecule has 2 aromatic heterocycles. The lowest BCUT2D eigenvalue weighted by Crippen LogP contribution is -2.57. The monoisotopic (exact) mass is 830 g/mol. The third-order valence-electron chi connectivity index (χ3n) is 9.75. The van der Waals surface area contributed by atoms with Crippen molar-refractivity contribution in [3.8, 4) is 0 Å². The summed E-state index contributed by atoms with van der Waals surface area (Å²) in [6.45, 7) is 9.66. The van der Waals surface area contributed by atoms with Gasteiger partial charge < -0.3 is 28.4 Å². The fraction of sp³-hybridized carbons (Fsp3) is 0.632. The molecule has 2 aliphatic rings. The molecule has 0 bridgehead atoms. The molecule has 4 rings (SSSR count). The Morgan fingerprint density at radius 1 is 0.679 bits per heavy atom. The number of esters is 2. The fourth-order valence-corrected chi connectivity index (χ4v) is 7.46. The first-order chi connectivity index (χ1) is 26.1. The van der Waals surface area contributed by atoms with Gasteiger partial charge in [-0.1, -0.05) is 35.3 Å². The number of methoxy groups -OCH3 is 2. The van der Waals surface area contributed by atoms with E-state index in [1.54, 1.807) is 41.5 Å². The number of carbonyl (C=O) groups excluding carboxylic acids is 4. The van der Waals surface area contributed by atoms with Crippen molar-refractivity contribution in [1.82, 2.24) is 19.8 Å². The summed E-state index contributed by atoms with van der Waals surface area (Å²) in [5.74, 6) is -4.19. The molecule has 0 radical (unpaired) electrons. The Bertz CT molecular complexity index is 1620. The van der Waals surface area contributed by atoms with E-state index in [4.69, 9.17) is 51.6 Å². The SMILES string of the molecule is COCN(C(=O)OC(C)(C)C)[C@H]1C[C@](CCOC(=O)C(=O)OCC[C@]2(c3ccc(Cl)nc3F)C[C@H](N(COC)C(=O)OC(C)(C)C)C2)(c2ccc(Cl)nc2F)C1. The van der Waals surface area contributed by atoms with E-state index in [1.807, 2.05) is 0 Å². The highest BCUT2D eigenvalue weighted by molar-refractivity contribution is 6.30. The van der Waals surface area contributed by atoms with Crippen LogP contribution in [0.4, 0.5) is 18.4 Å². The number of rotatable bonds is 14. The van der Waals surface area contributed by atoms with Gasteiger partial charge in [0.25, 0.3) is 0 Å². The van der Waals surface area contributed by atoms with Crippen molar-refractivity contribution >= 4 is 47.3 Å². The molecule has 2 aromatic rings. The molecule has 0 aromatic carbocycles. The van der Waals surface area contributed by atoms with Crippen LogP contribution in [0.1, 0.15) is 91.2 Å². The number of hydrogen-bond acceptors (Lipinski definition) is 12. The maximum atomic E-state index is 15.2. The van der Waals surface area contributed by atoms with Gasteiger partial charge in [-0.3, -0.25) is 9.80 Å². The molecule has 14 nitrogen and oxygen atoms in total. The van der Waals surface area contributed by atoms with E-state index < -0.39 is 70.1 Å². The van der Waals surface area contributed by atoms with Crippen molar-refractivity contribution in [2.24, 2.45) is 0 Å². The zero-order valence-corrected chi connectivity index (χ0v) is 34.4. The maximum absolute atomic E-state index is 15.2. The highest BCUT2D eigenvalue weighted by Crippen LogP contribution is 2.51. The van der Waals surface area contributed by atoms with Gasteiger partial charge in [0.1, 0.15) is 35.0 Å². The van der Waals surface area contributed by atoms with Gasteiger partial charge in [-0.05, 0) is 92.2 Å². The quantitative estimate of drug-likeness (QED) is 0.0626. The molecule has 0 aliphatic heterocycles. The van der Waals surface area contributed by atoms with Crippen molar-refractivity contribution in [2.45, 2.75) is 114 Å². The Hall–Kier alpha value is -3.86. The lowest BCUT2D eigenvalue weighted by atomic mass is 9.59. The molecule has 2 heterocycles. The van der Waals surface area contributed by atoms with Crippen LogP contribution in [0, 0.1) is 11.9 Å². The smallest absolute Gasteiger partial charge is 0.417 e. The van der Waals surface area contributed by atoms with Crippen molar-refractivity contribution in [1.29, 1.82) is 0 Å². The van der Waals surface area contributed by atoms with E-state index in [1.165, 1.54) is 48.3 Å². The van der Waals surface area contributed by atoms with Gasteiger partial charge in [-0.25, -0.2) is 29.1 Å². The van der Waals surface area contributed by atoms with Crippen LogP contribution in [0.2, 0.25) is 10.3 Å². The zero-order valence-electron chi connectivity index (χ0n) is 32.9. The summed E-state index contributed by atoms with van der Waals surface area (Å²) < 4.78 is 62.6. The first-order valence-corrected chi connectivity index (χ1v) is 18.8. The predicted molar refractivity (Wildman–Crippen MR) is 199 cm³/mol. The average molecular weight is 832 g/mol. The van der Waals surface area contributed by atoms with Crippen LogP contribution >= 0.6 is 23.2 Å². The molecule has 18 heteroatoms. The molecule has 0 atom stereocenters. The first kappa shape index (κ1) is 44.8. The molecule has 0 N–H and O–H groups in total. The number of hydrogen-bond donors (Lipinski definition) is 0. The summed E-state index contributed by atoms with van der Waals surface area (Å²) >= 11 is 11.8. The molecule has 2 saturated carbocycles. The van der Waals surface area contributed by atoms with Gasteiger partial charge in [0.15, 0.2) is 0 Å². The van der Waals surface area contributed by atoms with Crippen LogP contribution in [0.3, 0.4) is 0 Å². The number of carbonyl (C=O) groups is 4. The molecular weight excluding hydrogens is 781 g/mol. The highest BCUT2D eigenvalue weighted by atomic mass is 35.5. The summed E-state index contributed by atoms with van der Waals surface area (Å²) in [6.07, 6.45) is -0.0984. The summed E-state index contributed by atoms with van der Waals surface area (Å²) in [5, 5.41) is -0.100. The van der Waals surface area contributed by atoms with Crippen molar-refractivity contribution in [2.75, 3.05) is 40.9 Å². The van der Waals surface area contributed by atoms with E-state index in [-0.39, 0.29) is 86.6 Å². The summed E-state index contributed by atoms with van der Waals surface area (Å²) in [4.78, 5) is 61.9. The third-order valence-corrected chi connectivity index (χ3v) is 10.2. The summed E-state index contributed by atoms with van der Waals surface area (Å²) in [5.41, 5.74) is -3.00. The number of aromatic nitrogens is 2. The Labute approximate surface area is 335 Å². The van der Waals surface area contributed by atoms with Gasteiger partial charge in [-0.15, -0.1) is 0 Å². The molecule has 310 valence electrons. The van der Waals surface area contributed by atoms with E-state index in [0.29, 0.717) is 0 Å². The van der Waals surface area contributed by atoms with Crippen LogP contribution < -0.4 is 0 Å². The maximum Gasteiger partial charge on any atom is 0.417 e. The van der Waals surface area contributed by atoms with Crippen molar-refractivity contribution in [3.63, 3.8) is 0 Å². The highest BCUT2D eigenvalue weighted by Gasteiger charge is 2.52. The van der Waals surface area contributed by atoms with Gasteiger partial charge in [-0.2, -0.15) is 8.78 Å². The van der Waals surface area contributed by atoms with E-state index in [2.05, 4.69) is 9.97 Å². The number of pyridine rings is 2. The van der Waals surface area contributed by atoms with Crippen LogP contribution in [-0.4, -0.2) is 108 Å².